The smallest absolute Gasteiger partial charge is 0.340 e. The van der Waals surface area contributed by atoms with E-state index in [2.05, 4.69) is 6.07 Å². The molecule has 188 valence electrons. The van der Waals surface area contributed by atoms with Gasteiger partial charge in [0, 0.05) is 44.4 Å². The van der Waals surface area contributed by atoms with Crippen molar-refractivity contribution in [2.75, 3.05) is 20.1 Å². The zero-order valence-corrected chi connectivity index (χ0v) is 20.6. The van der Waals surface area contributed by atoms with Gasteiger partial charge >= 0.3 is 6.18 Å². The van der Waals surface area contributed by atoms with Crippen molar-refractivity contribution in [3.63, 3.8) is 0 Å². The molecule has 35 heavy (non-hydrogen) atoms. The number of carbonyl (C=O) groups is 1. The van der Waals surface area contributed by atoms with Crippen LogP contribution in [0.5, 0.6) is 0 Å². The first kappa shape index (κ1) is 27.3. The highest BCUT2D eigenvalue weighted by Crippen LogP contribution is 2.36. The highest BCUT2D eigenvalue weighted by molar-refractivity contribution is 6.42. The summed E-state index contributed by atoms with van der Waals surface area (Å²) in [6, 6.07) is 10.1. The van der Waals surface area contributed by atoms with Gasteiger partial charge in [-0.2, -0.15) is 18.4 Å². The fourth-order valence-corrected chi connectivity index (χ4v) is 4.74. The van der Waals surface area contributed by atoms with Crippen molar-refractivity contribution in [2.24, 2.45) is 0 Å². The number of hydrogen-bond acceptors (Lipinski definition) is 3. The Labute approximate surface area is 212 Å². The van der Waals surface area contributed by atoms with Gasteiger partial charge in [0.1, 0.15) is 5.82 Å². The number of amides is 1. The highest BCUT2D eigenvalue weighted by atomic mass is 35.5. The topological polar surface area (TPSA) is 47.3 Å². The van der Waals surface area contributed by atoms with Crippen LogP contribution in [0.4, 0.5) is 17.6 Å². The highest BCUT2D eigenvalue weighted by Gasteiger charge is 2.39. The molecule has 0 radical (unpaired) electrons. The first-order valence-electron chi connectivity index (χ1n) is 11.2. The van der Waals surface area contributed by atoms with Crippen LogP contribution < -0.4 is 0 Å². The van der Waals surface area contributed by atoms with Crippen LogP contribution in [0.3, 0.4) is 0 Å². The number of unbranched alkanes of at least 4 members (excludes halogenated alkanes) is 2. The van der Waals surface area contributed by atoms with Crippen LogP contribution >= 0.6 is 23.2 Å². The number of hydrogen-bond donors (Lipinski definition) is 0. The van der Waals surface area contributed by atoms with Gasteiger partial charge in [0.05, 0.1) is 21.7 Å². The summed E-state index contributed by atoms with van der Waals surface area (Å²) in [5.41, 5.74) is -0.0200. The van der Waals surface area contributed by atoms with Gasteiger partial charge in [-0.25, -0.2) is 4.39 Å². The summed E-state index contributed by atoms with van der Waals surface area (Å²) in [6.07, 6.45) is -2.77. The number of alkyl halides is 3. The molecule has 1 amide bonds. The second-order valence-electron chi connectivity index (χ2n) is 8.74. The molecule has 0 spiro atoms. The average Bonchev–Trinajstić information content (AvgIpc) is 3.23. The first-order valence-corrected chi connectivity index (χ1v) is 11.9. The summed E-state index contributed by atoms with van der Waals surface area (Å²) in [7, 11) is 1.80. The molecule has 0 aliphatic carbocycles. The zero-order chi connectivity index (χ0) is 25.8. The molecule has 0 unspecified atom stereocenters. The van der Waals surface area contributed by atoms with Crippen LogP contribution in [0.1, 0.15) is 48.3 Å². The van der Waals surface area contributed by atoms with Crippen molar-refractivity contribution in [3.05, 3.63) is 69.0 Å². The Morgan fingerprint density at radius 3 is 2.51 bits per heavy atom. The molecule has 1 aliphatic rings. The van der Waals surface area contributed by atoms with Gasteiger partial charge in [0.2, 0.25) is 5.91 Å². The van der Waals surface area contributed by atoms with Crippen LogP contribution in [0.25, 0.3) is 0 Å². The summed E-state index contributed by atoms with van der Waals surface area (Å²) in [5, 5.41) is 9.48. The molecule has 1 saturated heterocycles. The number of nitriles is 1. The molecule has 1 aliphatic heterocycles. The second kappa shape index (κ2) is 11.6. The van der Waals surface area contributed by atoms with Crippen molar-refractivity contribution in [1.29, 1.82) is 5.26 Å². The van der Waals surface area contributed by atoms with E-state index >= 15 is 0 Å². The lowest BCUT2D eigenvalue weighted by atomic mass is 9.93. The third-order valence-corrected chi connectivity index (χ3v) is 7.02. The molecule has 2 atom stereocenters. The molecule has 4 nitrogen and oxygen atoms in total. The minimum absolute atomic E-state index is 0.0236. The van der Waals surface area contributed by atoms with Crippen molar-refractivity contribution in [1.82, 2.24) is 9.80 Å². The van der Waals surface area contributed by atoms with Crippen molar-refractivity contribution in [3.8, 4) is 6.07 Å². The molecule has 3 rings (SSSR count). The van der Waals surface area contributed by atoms with Crippen molar-refractivity contribution in [2.45, 2.75) is 50.4 Å². The number of likely N-dealkylation sites (tertiary alicyclic amines) is 1. The Morgan fingerprint density at radius 2 is 1.89 bits per heavy atom. The van der Waals surface area contributed by atoms with E-state index < -0.39 is 17.6 Å². The Kier molecular flexibility index (Phi) is 9.03. The fraction of sp³-hybridized carbons (Fsp3) is 0.440. The first-order chi connectivity index (χ1) is 16.5. The van der Waals surface area contributed by atoms with E-state index in [1.54, 1.807) is 24.1 Å². The molecule has 0 N–H and O–H groups in total. The molecule has 2 aromatic carbocycles. The molecule has 0 bridgehead atoms. The lowest BCUT2D eigenvalue weighted by Crippen LogP contribution is -2.38. The summed E-state index contributed by atoms with van der Waals surface area (Å²) < 4.78 is 52.8. The Morgan fingerprint density at radius 1 is 1.14 bits per heavy atom. The van der Waals surface area contributed by atoms with Gasteiger partial charge in [-0.05, 0) is 55.3 Å². The van der Waals surface area contributed by atoms with Gasteiger partial charge in [0.15, 0.2) is 0 Å². The van der Waals surface area contributed by atoms with E-state index in [1.165, 1.54) is 6.07 Å². The quantitative estimate of drug-likeness (QED) is 0.283. The van der Waals surface area contributed by atoms with E-state index in [1.807, 2.05) is 11.0 Å². The Hall–Kier alpha value is -2.34. The van der Waals surface area contributed by atoms with Crippen LogP contribution in [0.2, 0.25) is 10.0 Å². The van der Waals surface area contributed by atoms with Crippen LogP contribution in [-0.4, -0.2) is 41.9 Å². The van der Waals surface area contributed by atoms with Gasteiger partial charge in [0.25, 0.3) is 0 Å². The second-order valence-corrected chi connectivity index (χ2v) is 9.55. The van der Waals surface area contributed by atoms with Gasteiger partial charge in [-0.15, -0.1) is 0 Å². The lowest BCUT2D eigenvalue weighted by molar-refractivity contribution is -0.140. The standard InChI is InChI=1S/C25H25Cl2F4N3O/c1-33(13-16-6-8-19(22(28)11-16)25(29,30)31)23-15-34(24(35)5-3-2-4-10-32)14-18(23)17-7-9-20(26)21(27)12-17/h6-9,11-12,18,23H,2-5,13-15H2,1H3/t18-,23-/m1/s1. The lowest BCUT2D eigenvalue weighted by Gasteiger charge is -2.29. The Balaban J connectivity index is 1.80. The third-order valence-electron chi connectivity index (χ3n) is 6.28. The minimum atomic E-state index is -4.76. The minimum Gasteiger partial charge on any atom is -0.340 e. The SMILES string of the molecule is CN(Cc1ccc(C(F)(F)F)c(F)c1)[C@@H]1CN(C(=O)CCCCC#N)C[C@@H]1c1ccc(Cl)c(Cl)c1. The van der Waals surface area contributed by atoms with Crippen LogP contribution in [0.15, 0.2) is 36.4 Å². The maximum atomic E-state index is 14.1. The van der Waals surface area contributed by atoms with Gasteiger partial charge < -0.3 is 4.90 Å². The number of nitrogens with zero attached hydrogens (tertiary/aromatic N) is 3. The van der Waals surface area contributed by atoms with Crippen LogP contribution in [-0.2, 0) is 17.5 Å². The maximum absolute atomic E-state index is 14.1. The molecular weight excluding hydrogens is 505 g/mol. The summed E-state index contributed by atoms with van der Waals surface area (Å²) in [6.45, 7) is 1.04. The molecule has 2 aromatic rings. The number of halogens is 6. The summed E-state index contributed by atoms with van der Waals surface area (Å²) in [4.78, 5) is 16.5. The number of likely N-dealkylation sites (N-methyl/N-ethyl adjacent to an activating group) is 1. The van der Waals surface area contributed by atoms with Crippen molar-refractivity contribution >= 4 is 29.1 Å². The summed E-state index contributed by atoms with van der Waals surface area (Å²) in [5.74, 6) is -1.47. The normalized spacial score (nSPS) is 18.2. The summed E-state index contributed by atoms with van der Waals surface area (Å²) >= 11 is 12.3. The number of rotatable bonds is 8. The predicted octanol–water partition coefficient (Wildman–Crippen LogP) is 6.66. The number of carbonyl (C=O) groups excluding carboxylic acids is 1. The molecule has 10 heteroatoms. The molecule has 1 fully saturated rings. The van der Waals surface area contributed by atoms with Gasteiger partial charge in [-0.3, -0.25) is 9.69 Å². The van der Waals surface area contributed by atoms with Gasteiger partial charge in [-0.1, -0.05) is 35.3 Å². The van der Waals surface area contributed by atoms with Crippen molar-refractivity contribution < 1.29 is 22.4 Å². The zero-order valence-electron chi connectivity index (χ0n) is 19.1. The predicted molar refractivity (Wildman–Crippen MR) is 127 cm³/mol. The maximum Gasteiger partial charge on any atom is 0.419 e. The van der Waals surface area contributed by atoms with E-state index in [0.29, 0.717) is 54.4 Å². The third kappa shape index (κ3) is 6.87. The monoisotopic (exact) mass is 529 g/mol. The number of benzene rings is 2. The Bertz CT molecular complexity index is 1100. The molecule has 1 heterocycles. The molecule has 0 aromatic heterocycles. The molecular formula is C25H25Cl2F4N3O. The average molecular weight is 530 g/mol. The molecule has 0 saturated carbocycles. The van der Waals surface area contributed by atoms with Crippen LogP contribution in [0, 0.1) is 17.1 Å². The fourth-order valence-electron chi connectivity index (χ4n) is 4.44. The van der Waals surface area contributed by atoms with E-state index in [9.17, 15) is 22.4 Å². The van der Waals surface area contributed by atoms with E-state index in [0.717, 1.165) is 17.7 Å². The largest absolute Gasteiger partial charge is 0.419 e. The van der Waals surface area contributed by atoms with E-state index in [4.69, 9.17) is 28.5 Å². The van der Waals surface area contributed by atoms with E-state index in [-0.39, 0.29) is 24.4 Å².